The molecule has 1 aliphatic carbocycles. The van der Waals surface area contributed by atoms with Crippen molar-refractivity contribution in [3.05, 3.63) is 40.1 Å². The number of hydrogen-bond donors (Lipinski definition) is 1. The highest BCUT2D eigenvalue weighted by atomic mass is 79.9. The molecule has 0 saturated carbocycles. The summed E-state index contributed by atoms with van der Waals surface area (Å²) in [6.07, 6.45) is 3.83. The van der Waals surface area contributed by atoms with Gasteiger partial charge in [0.1, 0.15) is 0 Å². The Morgan fingerprint density at radius 1 is 0.952 bits per heavy atom. The summed E-state index contributed by atoms with van der Waals surface area (Å²) in [4.78, 5) is 0. The van der Waals surface area contributed by atoms with Crippen molar-refractivity contribution in [3.8, 4) is 11.1 Å². The molecule has 3 rings (SSSR count). The first-order valence-corrected chi connectivity index (χ1v) is 8.23. The zero-order valence-corrected chi connectivity index (χ0v) is 15.2. The maximum Gasteiger partial charge on any atom is 0.0566 e. The lowest BCUT2D eigenvalue weighted by molar-refractivity contribution is 0.125. The van der Waals surface area contributed by atoms with E-state index < -0.39 is 0 Å². The van der Waals surface area contributed by atoms with Crippen LogP contribution in [-0.4, -0.2) is 10.2 Å². The van der Waals surface area contributed by atoms with E-state index in [1.165, 1.54) is 16.7 Å². The monoisotopic (exact) mass is 346 g/mol. The van der Waals surface area contributed by atoms with Gasteiger partial charge < -0.3 is 0 Å². The molecule has 0 unspecified atom stereocenters. The predicted molar refractivity (Wildman–Crippen MR) is 91.6 cm³/mol. The van der Waals surface area contributed by atoms with Crippen LogP contribution in [0.2, 0.25) is 0 Å². The third-order valence-corrected chi connectivity index (χ3v) is 7.04. The molecule has 0 radical (unpaired) electrons. The molecule has 0 spiro atoms. The summed E-state index contributed by atoms with van der Waals surface area (Å²) in [7, 11) is 0. The molecular formula is C18H23BrN2. The van der Waals surface area contributed by atoms with E-state index in [4.69, 9.17) is 0 Å². The van der Waals surface area contributed by atoms with Crippen LogP contribution in [0.3, 0.4) is 0 Å². The van der Waals surface area contributed by atoms with E-state index in [9.17, 15) is 0 Å². The number of rotatable bonds is 1. The van der Waals surface area contributed by atoms with Crippen LogP contribution in [0.4, 0.5) is 0 Å². The van der Waals surface area contributed by atoms with Crippen LogP contribution in [0.25, 0.3) is 11.1 Å². The molecule has 1 N–H and O–H groups in total. The molecule has 0 saturated heterocycles. The summed E-state index contributed by atoms with van der Waals surface area (Å²) in [5.74, 6) is 0. The first-order chi connectivity index (χ1) is 9.60. The molecular weight excluding hydrogens is 324 g/mol. The molecule has 2 nitrogen and oxygen atoms in total. The molecule has 0 fully saturated rings. The second-order valence-corrected chi connectivity index (χ2v) is 8.59. The van der Waals surface area contributed by atoms with Gasteiger partial charge in [0.25, 0.3) is 0 Å². The van der Waals surface area contributed by atoms with Gasteiger partial charge in [0.05, 0.1) is 6.20 Å². The molecule has 1 aliphatic rings. The lowest BCUT2D eigenvalue weighted by Crippen LogP contribution is -2.42. The van der Waals surface area contributed by atoms with Gasteiger partial charge >= 0.3 is 0 Å². The van der Waals surface area contributed by atoms with Crippen molar-refractivity contribution in [1.82, 2.24) is 10.2 Å². The lowest BCUT2D eigenvalue weighted by atomic mass is 9.59. The Balaban J connectivity index is 2.31. The van der Waals surface area contributed by atoms with Crippen molar-refractivity contribution in [2.75, 3.05) is 0 Å². The maximum absolute atomic E-state index is 4.08. The van der Waals surface area contributed by atoms with Gasteiger partial charge in [-0.2, -0.15) is 5.10 Å². The van der Waals surface area contributed by atoms with Gasteiger partial charge in [0.2, 0.25) is 0 Å². The van der Waals surface area contributed by atoms with Crippen molar-refractivity contribution in [2.45, 2.75) is 52.4 Å². The number of halogens is 1. The van der Waals surface area contributed by atoms with E-state index in [2.05, 4.69) is 79.8 Å². The number of nitrogens with one attached hydrogen (secondary N) is 1. The fourth-order valence-electron chi connectivity index (χ4n) is 3.68. The Kier molecular flexibility index (Phi) is 2.98. The minimum absolute atomic E-state index is 0.130. The molecule has 112 valence electrons. The Morgan fingerprint density at radius 2 is 1.52 bits per heavy atom. The summed E-state index contributed by atoms with van der Waals surface area (Å²) in [5.41, 5.74) is 5.71. The van der Waals surface area contributed by atoms with E-state index in [-0.39, 0.29) is 16.2 Å². The molecule has 0 amide bonds. The average Bonchev–Trinajstić information content (AvgIpc) is 2.93. The lowest BCUT2D eigenvalue weighted by Gasteiger charge is -2.44. The summed E-state index contributed by atoms with van der Waals surface area (Å²) in [6, 6.07) is 4.66. The predicted octanol–water partition coefficient (Wildman–Crippen LogP) is 5.43. The Bertz CT molecular complexity index is 694. The SMILES string of the molecule is CC1(C)c2cc(Br)c(-c3cn[nH]c3)cc2C(C)(C)C1(C)C. The first-order valence-electron chi connectivity index (χ1n) is 7.44. The van der Waals surface area contributed by atoms with E-state index in [1.807, 2.05) is 12.4 Å². The Hall–Kier alpha value is -1.09. The second kappa shape index (κ2) is 4.22. The van der Waals surface area contributed by atoms with Crippen LogP contribution in [-0.2, 0) is 10.8 Å². The third-order valence-electron chi connectivity index (χ3n) is 6.39. The van der Waals surface area contributed by atoms with E-state index >= 15 is 0 Å². The highest BCUT2D eigenvalue weighted by Gasteiger charge is 2.56. The van der Waals surface area contributed by atoms with E-state index in [1.54, 1.807) is 0 Å². The summed E-state index contributed by atoms with van der Waals surface area (Å²) in [5, 5.41) is 6.99. The fraction of sp³-hybridized carbons (Fsp3) is 0.500. The second-order valence-electron chi connectivity index (χ2n) is 7.74. The highest BCUT2D eigenvalue weighted by molar-refractivity contribution is 9.10. The maximum atomic E-state index is 4.08. The number of nitrogens with zero attached hydrogens (tertiary/aromatic N) is 1. The smallest absolute Gasteiger partial charge is 0.0566 e. The number of aromatic amines is 1. The number of aromatic nitrogens is 2. The standard InChI is InChI=1S/C18H23BrN2/c1-16(2)13-7-12(11-9-20-21-10-11)15(19)8-14(13)17(3,4)18(16,5)6/h7-10H,1-6H3,(H,20,21). The highest BCUT2D eigenvalue weighted by Crippen LogP contribution is 2.62. The normalized spacial score (nSPS) is 21.3. The zero-order chi connectivity index (χ0) is 15.6. The van der Waals surface area contributed by atoms with Gasteiger partial charge in [-0.3, -0.25) is 5.10 Å². The summed E-state index contributed by atoms with van der Waals surface area (Å²) in [6.45, 7) is 14.2. The average molecular weight is 347 g/mol. The van der Waals surface area contributed by atoms with Crippen molar-refractivity contribution in [3.63, 3.8) is 0 Å². The Morgan fingerprint density at radius 3 is 2.05 bits per heavy atom. The van der Waals surface area contributed by atoms with Gasteiger partial charge in [0, 0.05) is 16.2 Å². The molecule has 1 aromatic heterocycles. The number of H-pyrrole nitrogens is 1. The van der Waals surface area contributed by atoms with Gasteiger partial charge in [0.15, 0.2) is 0 Å². The van der Waals surface area contributed by atoms with Crippen molar-refractivity contribution in [2.24, 2.45) is 5.41 Å². The van der Waals surface area contributed by atoms with Crippen molar-refractivity contribution < 1.29 is 0 Å². The number of benzene rings is 1. The minimum atomic E-state index is 0.130. The molecule has 0 aliphatic heterocycles. The molecule has 21 heavy (non-hydrogen) atoms. The molecule has 2 aromatic rings. The molecule has 1 aromatic carbocycles. The molecule has 0 atom stereocenters. The first kappa shape index (κ1) is 14.8. The van der Waals surface area contributed by atoms with Gasteiger partial charge in [-0.15, -0.1) is 0 Å². The van der Waals surface area contributed by atoms with Crippen molar-refractivity contribution >= 4 is 15.9 Å². The zero-order valence-electron chi connectivity index (χ0n) is 13.6. The minimum Gasteiger partial charge on any atom is -0.285 e. The Labute approximate surface area is 135 Å². The van der Waals surface area contributed by atoms with Crippen LogP contribution in [0.15, 0.2) is 29.0 Å². The van der Waals surface area contributed by atoms with E-state index in [0.29, 0.717) is 0 Å². The van der Waals surface area contributed by atoms with E-state index in [0.717, 1.165) is 10.0 Å². The fourth-order valence-corrected chi connectivity index (χ4v) is 4.25. The quantitative estimate of drug-likeness (QED) is 0.732. The third kappa shape index (κ3) is 1.73. The largest absolute Gasteiger partial charge is 0.285 e. The molecule has 0 bridgehead atoms. The van der Waals surface area contributed by atoms with Gasteiger partial charge in [-0.25, -0.2) is 0 Å². The number of fused-ring (bicyclic) bond motifs is 1. The van der Waals surface area contributed by atoms with Crippen LogP contribution < -0.4 is 0 Å². The summed E-state index contributed by atoms with van der Waals surface area (Å²) >= 11 is 3.76. The van der Waals surface area contributed by atoms with Gasteiger partial charge in [-0.05, 0) is 45.1 Å². The summed E-state index contributed by atoms with van der Waals surface area (Å²) < 4.78 is 1.14. The van der Waals surface area contributed by atoms with Gasteiger partial charge in [-0.1, -0.05) is 57.5 Å². The van der Waals surface area contributed by atoms with Crippen LogP contribution >= 0.6 is 15.9 Å². The number of hydrogen-bond acceptors (Lipinski definition) is 1. The topological polar surface area (TPSA) is 28.7 Å². The van der Waals surface area contributed by atoms with Crippen molar-refractivity contribution in [1.29, 1.82) is 0 Å². The van der Waals surface area contributed by atoms with Crippen LogP contribution in [0.1, 0.15) is 52.7 Å². The van der Waals surface area contributed by atoms with Crippen LogP contribution in [0.5, 0.6) is 0 Å². The van der Waals surface area contributed by atoms with Crippen LogP contribution in [0, 0.1) is 5.41 Å². The molecule has 1 heterocycles. The molecule has 3 heteroatoms.